The van der Waals surface area contributed by atoms with Gasteiger partial charge in [-0.15, -0.1) is 0 Å². The molecule has 1 amide bonds. The minimum atomic E-state index is -0.276. The summed E-state index contributed by atoms with van der Waals surface area (Å²) in [6, 6.07) is 7.46. The van der Waals surface area contributed by atoms with Crippen molar-refractivity contribution in [3.63, 3.8) is 0 Å². The molecular weight excluding hydrogens is 322 g/mol. The standard InChI is InChI=1S/C14H16BrN3O2/c1-2-11(16)14-18-12(8-20-14)13(19)17-7-9-4-3-5-10(15)6-9/h3-6,8,11H,2,7,16H2,1H3,(H,17,19). The number of carbonyl (C=O) groups is 1. The molecule has 0 spiro atoms. The van der Waals surface area contributed by atoms with E-state index >= 15 is 0 Å². The van der Waals surface area contributed by atoms with Gasteiger partial charge >= 0.3 is 0 Å². The monoisotopic (exact) mass is 337 g/mol. The number of nitrogens with one attached hydrogen (secondary N) is 1. The number of hydrogen-bond donors (Lipinski definition) is 2. The largest absolute Gasteiger partial charge is 0.446 e. The summed E-state index contributed by atoms with van der Waals surface area (Å²) < 4.78 is 6.18. The molecule has 1 heterocycles. The summed E-state index contributed by atoms with van der Waals surface area (Å²) in [7, 11) is 0. The molecule has 0 fully saturated rings. The number of benzene rings is 1. The average molecular weight is 338 g/mol. The van der Waals surface area contributed by atoms with Crippen LogP contribution in [0.5, 0.6) is 0 Å². The molecule has 2 aromatic rings. The third-order valence-electron chi connectivity index (χ3n) is 2.85. The Hall–Kier alpha value is -1.66. The van der Waals surface area contributed by atoms with Crippen molar-refractivity contribution < 1.29 is 9.21 Å². The molecule has 1 atom stereocenters. The van der Waals surface area contributed by atoms with Gasteiger partial charge in [0.2, 0.25) is 5.89 Å². The highest BCUT2D eigenvalue weighted by Crippen LogP contribution is 2.14. The molecule has 0 bridgehead atoms. The van der Waals surface area contributed by atoms with E-state index in [2.05, 4.69) is 26.2 Å². The fourth-order valence-corrected chi connectivity index (χ4v) is 2.10. The number of halogens is 1. The summed E-state index contributed by atoms with van der Waals surface area (Å²) in [6.07, 6.45) is 2.04. The zero-order valence-corrected chi connectivity index (χ0v) is 12.7. The fraction of sp³-hybridized carbons (Fsp3) is 0.286. The molecule has 6 heteroatoms. The highest BCUT2D eigenvalue weighted by molar-refractivity contribution is 9.10. The topological polar surface area (TPSA) is 81.1 Å². The van der Waals surface area contributed by atoms with Gasteiger partial charge in [0.25, 0.3) is 5.91 Å². The summed E-state index contributed by atoms with van der Waals surface area (Å²) in [5.41, 5.74) is 7.05. The maximum Gasteiger partial charge on any atom is 0.273 e. The van der Waals surface area contributed by atoms with Crippen LogP contribution < -0.4 is 11.1 Å². The lowest BCUT2D eigenvalue weighted by atomic mass is 10.2. The van der Waals surface area contributed by atoms with Gasteiger partial charge < -0.3 is 15.5 Å². The Labute approximate surface area is 125 Å². The first-order chi connectivity index (χ1) is 9.60. The van der Waals surface area contributed by atoms with Crippen molar-refractivity contribution in [1.82, 2.24) is 10.3 Å². The van der Waals surface area contributed by atoms with Crippen LogP contribution in [0.3, 0.4) is 0 Å². The van der Waals surface area contributed by atoms with Crippen molar-refractivity contribution in [2.75, 3.05) is 0 Å². The number of nitrogens with zero attached hydrogens (tertiary/aromatic N) is 1. The summed E-state index contributed by atoms with van der Waals surface area (Å²) in [4.78, 5) is 16.0. The van der Waals surface area contributed by atoms with E-state index in [0.29, 0.717) is 18.9 Å². The van der Waals surface area contributed by atoms with E-state index in [-0.39, 0.29) is 17.6 Å². The highest BCUT2D eigenvalue weighted by atomic mass is 79.9. The Bertz CT molecular complexity index is 598. The van der Waals surface area contributed by atoms with Crippen molar-refractivity contribution in [3.05, 3.63) is 52.1 Å². The summed E-state index contributed by atoms with van der Waals surface area (Å²) in [5.74, 6) is 0.114. The number of rotatable bonds is 5. The first-order valence-corrected chi connectivity index (χ1v) is 7.13. The third-order valence-corrected chi connectivity index (χ3v) is 3.35. The van der Waals surface area contributed by atoms with Gasteiger partial charge in [0.05, 0.1) is 6.04 Å². The number of hydrogen-bond acceptors (Lipinski definition) is 4. The Morgan fingerprint density at radius 2 is 2.35 bits per heavy atom. The second-order valence-electron chi connectivity index (χ2n) is 4.40. The van der Waals surface area contributed by atoms with E-state index < -0.39 is 0 Å². The van der Waals surface area contributed by atoms with Gasteiger partial charge in [0.15, 0.2) is 5.69 Å². The fourth-order valence-electron chi connectivity index (χ4n) is 1.66. The number of oxazole rings is 1. The summed E-state index contributed by atoms with van der Waals surface area (Å²) in [5, 5.41) is 2.79. The van der Waals surface area contributed by atoms with E-state index in [1.807, 2.05) is 31.2 Å². The van der Waals surface area contributed by atoms with Gasteiger partial charge in [-0.3, -0.25) is 4.79 Å². The van der Waals surface area contributed by atoms with Crippen LogP contribution in [-0.2, 0) is 6.54 Å². The molecule has 1 aromatic carbocycles. The van der Waals surface area contributed by atoms with Crippen molar-refractivity contribution in [3.8, 4) is 0 Å². The molecule has 2 rings (SSSR count). The smallest absolute Gasteiger partial charge is 0.273 e. The summed E-state index contributed by atoms with van der Waals surface area (Å²) in [6.45, 7) is 2.36. The Balaban J connectivity index is 1.96. The molecule has 0 saturated heterocycles. The van der Waals surface area contributed by atoms with Crippen LogP contribution in [0.25, 0.3) is 0 Å². The van der Waals surface area contributed by atoms with Crippen molar-refractivity contribution in [1.29, 1.82) is 0 Å². The maximum atomic E-state index is 11.9. The number of nitrogens with two attached hydrogens (primary N) is 1. The molecule has 0 radical (unpaired) electrons. The van der Waals surface area contributed by atoms with E-state index in [1.165, 1.54) is 6.26 Å². The van der Waals surface area contributed by atoms with Crippen LogP contribution in [0.15, 0.2) is 39.4 Å². The molecule has 3 N–H and O–H groups in total. The first kappa shape index (κ1) is 14.7. The minimum Gasteiger partial charge on any atom is -0.446 e. The average Bonchev–Trinajstić information content (AvgIpc) is 2.94. The van der Waals surface area contributed by atoms with E-state index in [0.717, 1.165) is 10.0 Å². The van der Waals surface area contributed by atoms with Gasteiger partial charge in [0.1, 0.15) is 6.26 Å². The van der Waals surface area contributed by atoms with Gasteiger partial charge in [-0.25, -0.2) is 4.98 Å². The van der Waals surface area contributed by atoms with E-state index in [1.54, 1.807) is 0 Å². The van der Waals surface area contributed by atoms with Crippen LogP contribution in [0.1, 0.15) is 41.3 Å². The van der Waals surface area contributed by atoms with Crippen LogP contribution in [0, 0.1) is 0 Å². The zero-order chi connectivity index (χ0) is 14.5. The van der Waals surface area contributed by atoms with Crippen LogP contribution in [0.2, 0.25) is 0 Å². The first-order valence-electron chi connectivity index (χ1n) is 6.33. The normalized spacial score (nSPS) is 12.2. The van der Waals surface area contributed by atoms with Gasteiger partial charge in [-0.05, 0) is 24.1 Å². The lowest BCUT2D eigenvalue weighted by Gasteiger charge is -2.04. The number of carbonyl (C=O) groups excluding carboxylic acids is 1. The molecule has 0 aliphatic heterocycles. The third kappa shape index (κ3) is 3.68. The second-order valence-corrected chi connectivity index (χ2v) is 5.31. The van der Waals surface area contributed by atoms with Crippen molar-refractivity contribution >= 4 is 21.8 Å². The van der Waals surface area contributed by atoms with Crippen LogP contribution in [-0.4, -0.2) is 10.9 Å². The van der Waals surface area contributed by atoms with Crippen LogP contribution in [0.4, 0.5) is 0 Å². The SMILES string of the molecule is CCC(N)c1nc(C(=O)NCc2cccc(Br)c2)co1. The Morgan fingerprint density at radius 3 is 3.05 bits per heavy atom. The molecule has 0 aliphatic carbocycles. The molecule has 1 aromatic heterocycles. The minimum absolute atomic E-state index is 0.249. The second kappa shape index (κ2) is 6.67. The van der Waals surface area contributed by atoms with Crippen molar-refractivity contribution in [2.45, 2.75) is 25.9 Å². The lowest BCUT2D eigenvalue weighted by molar-refractivity contribution is 0.0946. The van der Waals surface area contributed by atoms with Gasteiger partial charge in [-0.2, -0.15) is 0 Å². The molecule has 106 valence electrons. The molecule has 20 heavy (non-hydrogen) atoms. The summed E-state index contributed by atoms with van der Waals surface area (Å²) >= 11 is 3.39. The molecule has 1 unspecified atom stereocenters. The molecular formula is C14H16BrN3O2. The Morgan fingerprint density at radius 1 is 1.55 bits per heavy atom. The van der Waals surface area contributed by atoms with Gasteiger partial charge in [0, 0.05) is 11.0 Å². The molecule has 5 nitrogen and oxygen atoms in total. The van der Waals surface area contributed by atoms with E-state index in [4.69, 9.17) is 10.2 Å². The van der Waals surface area contributed by atoms with Crippen LogP contribution >= 0.6 is 15.9 Å². The van der Waals surface area contributed by atoms with Crippen molar-refractivity contribution in [2.24, 2.45) is 5.73 Å². The molecule has 0 saturated carbocycles. The molecule has 0 aliphatic rings. The Kier molecular flexibility index (Phi) is 4.92. The zero-order valence-electron chi connectivity index (χ0n) is 11.1. The predicted octanol–water partition coefficient (Wildman–Crippen LogP) is 2.78. The maximum absolute atomic E-state index is 11.9. The number of amides is 1. The van der Waals surface area contributed by atoms with Gasteiger partial charge in [-0.1, -0.05) is 35.0 Å². The quantitative estimate of drug-likeness (QED) is 0.878. The predicted molar refractivity (Wildman–Crippen MR) is 79.0 cm³/mol. The lowest BCUT2D eigenvalue weighted by Crippen LogP contribution is -2.23. The number of aromatic nitrogens is 1. The highest BCUT2D eigenvalue weighted by Gasteiger charge is 2.15. The van der Waals surface area contributed by atoms with E-state index in [9.17, 15) is 4.79 Å².